The van der Waals surface area contributed by atoms with Crippen LogP contribution in [-0.2, 0) is 6.42 Å². The van der Waals surface area contributed by atoms with Crippen molar-refractivity contribution < 1.29 is 5.11 Å². The zero-order valence-corrected chi connectivity index (χ0v) is 21.4. The summed E-state index contributed by atoms with van der Waals surface area (Å²) >= 11 is 0. The number of aromatic hydroxyl groups is 1. The van der Waals surface area contributed by atoms with Gasteiger partial charge in [0.2, 0.25) is 0 Å². The van der Waals surface area contributed by atoms with Crippen molar-refractivity contribution in [2.45, 2.75) is 6.42 Å². The van der Waals surface area contributed by atoms with Gasteiger partial charge in [-0.1, -0.05) is 78.9 Å². The van der Waals surface area contributed by atoms with E-state index in [1.807, 2.05) is 72.9 Å². The van der Waals surface area contributed by atoms with Crippen LogP contribution in [0.1, 0.15) is 11.1 Å². The Morgan fingerprint density at radius 3 is 2.08 bits per heavy atom. The minimum Gasteiger partial charge on any atom is -0.507 e. The largest absolute Gasteiger partial charge is 0.507 e. The summed E-state index contributed by atoms with van der Waals surface area (Å²) in [5, 5.41) is 10.4. The van der Waals surface area contributed by atoms with Crippen molar-refractivity contribution in [1.29, 1.82) is 0 Å². The first-order valence-corrected chi connectivity index (χ1v) is 12.9. The Bertz CT molecular complexity index is 1700. The lowest BCUT2D eigenvalue weighted by molar-refractivity contribution is 0.477. The molecule has 4 nitrogen and oxygen atoms in total. The maximum atomic E-state index is 10.4. The summed E-state index contributed by atoms with van der Waals surface area (Å²) in [6, 6.07) is 46.6. The van der Waals surface area contributed by atoms with E-state index in [1.165, 1.54) is 11.1 Å². The van der Waals surface area contributed by atoms with Crippen LogP contribution in [0.2, 0.25) is 0 Å². The van der Waals surface area contributed by atoms with E-state index in [2.05, 4.69) is 71.6 Å². The Labute approximate surface area is 228 Å². The van der Waals surface area contributed by atoms with Crippen LogP contribution in [0.25, 0.3) is 22.5 Å². The second kappa shape index (κ2) is 11.0. The average Bonchev–Trinajstić information content (AvgIpc) is 2.99. The van der Waals surface area contributed by atoms with Crippen LogP contribution in [0.5, 0.6) is 5.75 Å². The number of hydrogen-bond acceptors (Lipinski definition) is 4. The van der Waals surface area contributed by atoms with Crippen LogP contribution < -0.4 is 4.90 Å². The minimum atomic E-state index is 0.215. The number of aromatic nitrogens is 2. The SMILES string of the molecule is Oc1ccccc1-c1cccc(-c2cccc(N(c3cccc(Cc4ccccc4)c3)c3ccccn3)c2)n1. The van der Waals surface area contributed by atoms with Crippen molar-refractivity contribution in [3.8, 4) is 28.3 Å². The van der Waals surface area contributed by atoms with Gasteiger partial charge in [0.15, 0.2) is 0 Å². The summed E-state index contributed by atoms with van der Waals surface area (Å²) in [6.07, 6.45) is 2.67. The maximum absolute atomic E-state index is 10.4. The molecule has 2 aromatic heterocycles. The predicted octanol–water partition coefficient (Wildman–Crippen LogP) is 8.58. The van der Waals surface area contributed by atoms with Crippen molar-refractivity contribution in [3.63, 3.8) is 0 Å². The third-order valence-corrected chi connectivity index (χ3v) is 6.63. The van der Waals surface area contributed by atoms with Gasteiger partial charge in [0.1, 0.15) is 11.6 Å². The Morgan fingerprint density at radius 1 is 0.564 bits per heavy atom. The summed E-state index contributed by atoms with van der Waals surface area (Å²) in [6.45, 7) is 0. The van der Waals surface area contributed by atoms with E-state index in [0.29, 0.717) is 5.56 Å². The van der Waals surface area contributed by atoms with E-state index in [9.17, 15) is 5.11 Å². The molecule has 0 atom stereocenters. The van der Waals surface area contributed by atoms with Crippen LogP contribution in [0, 0.1) is 0 Å². The molecule has 188 valence electrons. The normalized spacial score (nSPS) is 10.8. The number of hydrogen-bond donors (Lipinski definition) is 1. The highest BCUT2D eigenvalue weighted by Gasteiger charge is 2.15. The quantitative estimate of drug-likeness (QED) is 0.236. The van der Waals surface area contributed by atoms with Gasteiger partial charge in [-0.05, 0) is 78.2 Å². The third-order valence-electron chi connectivity index (χ3n) is 6.63. The van der Waals surface area contributed by atoms with Crippen LogP contribution in [0.15, 0.2) is 146 Å². The molecule has 0 spiro atoms. The molecule has 0 saturated heterocycles. The zero-order valence-electron chi connectivity index (χ0n) is 21.4. The summed E-state index contributed by atoms with van der Waals surface area (Å²) in [5.41, 5.74) is 7.77. The number of phenolic OH excluding ortho intramolecular Hbond substituents is 1. The maximum Gasteiger partial charge on any atom is 0.137 e. The van der Waals surface area contributed by atoms with Gasteiger partial charge in [-0.3, -0.25) is 4.90 Å². The Hall–Kier alpha value is -5.22. The topological polar surface area (TPSA) is 49.2 Å². The van der Waals surface area contributed by atoms with Crippen LogP contribution in [0.4, 0.5) is 17.2 Å². The molecule has 6 rings (SSSR count). The van der Waals surface area contributed by atoms with E-state index < -0.39 is 0 Å². The van der Waals surface area contributed by atoms with Gasteiger partial charge in [0.05, 0.1) is 11.4 Å². The second-order valence-corrected chi connectivity index (χ2v) is 9.33. The lowest BCUT2D eigenvalue weighted by Crippen LogP contribution is -2.11. The van der Waals surface area contributed by atoms with Crippen LogP contribution >= 0.6 is 0 Å². The zero-order chi connectivity index (χ0) is 26.4. The standard InChI is InChI=1S/C35H27N3O/c39-34-20-5-4-17-31(34)33-19-10-18-32(37-33)28-14-9-16-30(25-28)38(35-21-6-7-22-36-35)29-15-8-13-27(24-29)23-26-11-2-1-3-12-26/h1-22,24-25,39H,23H2. The monoisotopic (exact) mass is 505 g/mol. The van der Waals surface area contributed by atoms with E-state index in [0.717, 1.165) is 40.6 Å². The highest BCUT2D eigenvalue weighted by atomic mass is 16.3. The van der Waals surface area contributed by atoms with Gasteiger partial charge in [-0.2, -0.15) is 0 Å². The van der Waals surface area contributed by atoms with Crippen molar-refractivity contribution in [2.24, 2.45) is 0 Å². The Kier molecular flexibility index (Phi) is 6.83. The van der Waals surface area contributed by atoms with E-state index in [4.69, 9.17) is 9.97 Å². The fourth-order valence-corrected chi connectivity index (χ4v) is 4.78. The van der Waals surface area contributed by atoms with Gasteiger partial charge >= 0.3 is 0 Å². The number of pyridine rings is 2. The van der Waals surface area contributed by atoms with Crippen LogP contribution in [0.3, 0.4) is 0 Å². The molecule has 39 heavy (non-hydrogen) atoms. The number of phenols is 1. The molecule has 0 saturated carbocycles. The van der Waals surface area contributed by atoms with Gasteiger partial charge in [-0.15, -0.1) is 0 Å². The lowest BCUT2D eigenvalue weighted by Gasteiger charge is -2.25. The lowest BCUT2D eigenvalue weighted by atomic mass is 10.0. The summed E-state index contributed by atoms with van der Waals surface area (Å²) in [4.78, 5) is 11.8. The summed E-state index contributed by atoms with van der Waals surface area (Å²) in [7, 11) is 0. The molecular formula is C35H27N3O. The fourth-order valence-electron chi connectivity index (χ4n) is 4.78. The first-order chi connectivity index (χ1) is 19.2. The van der Waals surface area contributed by atoms with Gasteiger partial charge in [0, 0.05) is 28.7 Å². The summed E-state index contributed by atoms with van der Waals surface area (Å²) in [5.74, 6) is 1.05. The van der Waals surface area contributed by atoms with Crippen molar-refractivity contribution >= 4 is 17.2 Å². The second-order valence-electron chi connectivity index (χ2n) is 9.33. The van der Waals surface area contributed by atoms with Crippen molar-refractivity contribution in [2.75, 3.05) is 4.90 Å². The number of para-hydroxylation sites is 1. The number of nitrogens with zero attached hydrogens (tertiary/aromatic N) is 3. The predicted molar refractivity (Wildman–Crippen MR) is 158 cm³/mol. The molecule has 0 aliphatic heterocycles. The van der Waals surface area contributed by atoms with Gasteiger partial charge < -0.3 is 5.11 Å². The van der Waals surface area contributed by atoms with E-state index >= 15 is 0 Å². The molecule has 0 aliphatic rings. The molecule has 0 radical (unpaired) electrons. The Balaban J connectivity index is 1.40. The molecule has 2 heterocycles. The molecule has 6 aromatic rings. The highest BCUT2D eigenvalue weighted by molar-refractivity contribution is 5.78. The molecule has 0 unspecified atom stereocenters. The first-order valence-electron chi connectivity index (χ1n) is 12.9. The fraction of sp³-hybridized carbons (Fsp3) is 0.0286. The van der Waals surface area contributed by atoms with Gasteiger partial charge in [0.25, 0.3) is 0 Å². The van der Waals surface area contributed by atoms with E-state index in [1.54, 1.807) is 6.07 Å². The highest BCUT2D eigenvalue weighted by Crippen LogP contribution is 2.36. The van der Waals surface area contributed by atoms with E-state index in [-0.39, 0.29) is 5.75 Å². The van der Waals surface area contributed by atoms with Crippen molar-refractivity contribution in [3.05, 3.63) is 157 Å². The van der Waals surface area contributed by atoms with Gasteiger partial charge in [-0.25, -0.2) is 9.97 Å². The molecular weight excluding hydrogens is 478 g/mol. The first kappa shape index (κ1) is 24.1. The Morgan fingerprint density at radius 2 is 1.26 bits per heavy atom. The summed E-state index contributed by atoms with van der Waals surface area (Å²) < 4.78 is 0. The number of anilines is 3. The number of benzene rings is 4. The molecule has 1 N–H and O–H groups in total. The van der Waals surface area contributed by atoms with Crippen LogP contribution in [-0.4, -0.2) is 15.1 Å². The average molecular weight is 506 g/mol. The number of rotatable bonds is 7. The molecule has 0 aliphatic carbocycles. The molecule has 0 bridgehead atoms. The minimum absolute atomic E-state index is 0.215. The smallest absolute Gasteiger partial charge is 0.137 e. The third kappa shape index (κ3) is 5.41. The molecule has 0 fully saturated rings. The van der Waals surface area contributed by atoms with Crippen molar-refractivity contribution in [1.82, 2.24) is 9.97 Å². The molecule has 4 aromatic carbocycles. The molecule has 0 amide bonds. The molecule has 4 heteroatoms.